The molecule has 1 aliphatic heterocycles. The van der Waals surface area contributed by atoms with E-state index in [1.54, 1.807) is 4.90 Å². The number of nitrogens with zero attached hydrogens (tertiary/aromatic N) is 3. The summed E-state index contributed by atoms with van der Waals surface area (Å²) in [6, 6.07) is 27.7. The van der Waals surface area contributed by atoms with Crippen LogP contribution in [0.2, 0.25) is 0 Å². The Kier molecular flexibility index (Phi) is 8.29. The molecule has 1 aliphatic rings. The lowest BCUT2D eigenvalue weighted by molar-refractivity contribution is -0.123. The van der Waals surface area contributed by atoms with Gasteiger partial charge in [0.15, 0.2) is 0 Å². The molecule has 5 nitrogen and oxygen atoms in total. The molecule has 4 aromatic rings. The van der Waals surface area contributed by atoms with Gasteiger partial charge < -0.3 is 4.74 Å². The van der Waals surface area contributed by atoms with Gasteiger partial charge in [-0.1, -0.05) is 86.4 Å². The van der Waals surface area contributed by atoms with E-state index in [1.807, 2.05) is 109 Å². The fraction of sp³-hybridized carbons (Fsp3) is 0.219. The van der Waals surface area contributed by atoms with Gasteiger partial charge >= 0.3 is 0 Å². The summed E-state index contributed by atoms with van der Waals surface area (Å²) in [5.41, 5.74) is 4.56. The van der Waals surface area contributed by atoms with Crippen LogP contribution in [-0.4, -0.2) is 31.5 Å². The third-order valence-electron chi connectivity index (χ3n) is 6.63. The molecule has 0 saturated carbocycles. The van der Waals surface area contributed by atoms with E-state index < -0.39 is 0 Å². The number of hydrogen-bond acceptors (Lipinski definition) is 5. The average molecular weight is 554 g/mol. The minimum Gasteiger partial charge on any atom is -0.494 e. The summed E-state index contributed by atoms with van der Waals surface area (Å²) in [5, 5.41) is 4.92. The number of hydrogen-bond donors (Lipinski definition) is 0. The van der Waals surface area contributed by atoms with Gasteiger partial charge in [0.1, 0.15) is 10.1 Å². The highest BCUT2D eigenvalue weighted by atomic mass is 32.2. The molecule has 1 amide bonds. The molecule has 1 aromatic heterocycles. The number of benzene rings is 3. The highest BCUT2D eigenvalue weighted by Gasteiger charge is 2.36. The minimum atomic E-state index is -0.153. The lowest BCUT2D eigenvalue weighted by Gasteiger charge is -2.23. The van der Waals surface area contributed by atoms with E-state index in [9.17, 15) is 4.79 Å². The predicted molar refractivity (Wildman–Crippen MR) is 164 cm³/mol. The van der Waals surface area contributed by atoms with Crippen LogP contribution in [0, 0.1) is 5.92 Å². The van der Waals surface area contributed by atoms with Crippen LogP contribution in [0.3, 0.4) is 0 Å². The van der Waals surface area contributed by atoms with E-state index in [0.29, 0.717) is 21.8 Å². The lowest BCUT2D eigenvalue weighted by Crippen LogP contribution is -2.30. The number of rotatable bonds is 9. The number of para-hydroxylation sites is 1. The first-order valence-electron chi connectivity index (χ1n) is 13.1. The maximum absolute atomic E-state index is 13.6. The van der Waals surface area contributed by atoms with Crippen LogP contribution in [0.25, 0.3) is 23.0 Å². The van der Waals surface area contributed by atoms with Crippen molar-refractivity contribution in [1.29, 1.82) is 0 Å². The molecule has 0 radical (unpaired) electrons. The Hall–Kier alpha value is -3.68. The van der Waals surface area contributed by atoms with Crippen molar-refractivity contribution in [1.82, 2.24) is 14.7 Å². The smallest absolute Gasteiger partial charge is 0.266 e. The number of ether oxygens (including phenoxy) is 1. The quantitative estimate of drug-likeness (QED) is 0.156. The van der Waals surface area contributed by atoms with Crippen LogP contribution in [0.4, 0.5) is 0 Å². The summed E-state index contributed by atoms with van der Waals surface area (Å²) in [5.74, 6) is 1.34. The fourth-order valence-corrected chi connectivity index (χ4v) is 5.80. The Morgan fingerprint density at radius 3 is 2.28 bits per heavy atom. The first-order valence-corrected chi connectivity index (χ1v) is 14.3. The first kappa shape index (κ1) is 26.9. The van der Waals surface area contributed by atoms with Gasteiger partial charge in [0.05, 0.1) is 28.9 Å². The molecule has 1 saturated heterocycles. The third kappa shape index (κ3) is 6.15. The Morgan fingerprint density at radius 2 is 1.62 bits per heavy atom. The molecular formula is C32H31N3O2S2. The van der Waals surface area contributed by atoms with Gasteiger partial charge in [-0.2, -0.15) is 5.10 Å². The monoisotopic (exact) mass is 553 g/mol. The lowest BCUT2D eigenvalue weighted by atomic mass is 10.1. The predicted octanol–water partition coefficient (Wildman–Crippen LogP) is 7.93. The second-order valence-corrected chi connectivity index (χ2v) is 11.6. The van der Waals surface area contributed by atoms with Crippen molar-refractivity contribution in [2.24, 2.45) is 5.92 Å². The Bertz CT molecular complexity index is 1480. The van der Waals surface area contributed by atoms with Gasteiger partial charge in [0, 0.05) is 17.3 Å². The summed E-state index contributed by atoms with van der Waals surface area (Å²) >= 11 is 6.99. The van der Waals surface area contributed by atoms with Crippen LogP contribution in [0.15, 0.2) is 96.0 Å². The molecule has 0 N–H and O–H groups in total. The second kappa shape index (κ2) is 12.0. The fourth-order valence-electron chi connectivity index (χ4n) is 4.39. The molecule has 5 rings (SSSR count). The van der Waals surface area contributed by atoms with Crippen molar-refractivity contribution in [2.45, 2.75) is 33.2 Å². The molecule has 2 heterocycles. The van der Waals surface area contributed by atoms with Crippen LogP contribution in [0.1, 0.15) is 44.4 Å². The minimum absolute atomic E-state index is 0.0892. The standard InChI is InChI=1S/C32H31N3O2S2/c1-22(2)18-19-37-28-16-14-25(15-17-28)30-26(21-34(33-30)27-12-8-5-9-13-27)20-29-31(36)35(32(38)39-29)23(3)24-10-6-4-7-11-24/h4-17,20-23H,18-19H2,1-3H3/b29-20-/t23-/m0/s1. The van der Waals surface area contributed by atoms with Gasteiger partial charge in [-0.3, -0.25) is 9.69 Å². The van der Waals surface area contributed by atoms with E-state index in [0.717, 1.165) is 40.2 Å². The zero-order chi connectivity index (χ0) is 27.4. The average Bonchev–Trinajstić information content (AvgIpc) is 3.49. The van der Waals surface area contributed by atoms with Crippen molar-refractivity contribution in [2.75, 3.05) is 6.61 Å². The third-order valence-corrected chi connectivity index (χ3v) is 7.96. The van der Waals surface area contributed by atoms with Gasteiger partial charge in [-0.05, 0) is 67.3 Å². The van der Waals surface area contributed by atoms with E-state index in [4.69, 9.17) is 22.1 Å². The number of amides is 1. The van der Waals surface area contributed by atoms with Crippen molar-refractivity contribution >= 4 is 40.3 Å². The molecule has 0 bridgehead atoms. The molecule has 7 heteroatoms. The Labute approximate surface area is 239 Å². The zero-order valence-corrected chi connectivity index (χ0v) is 23.9. The van der Waals surface area contributed by atoms with Crippen LogP contribution in [0.5, 0.6) is 5.75 Å². The molecule has 3 aromatic carbocycles. The van der Waals surface area contributed by atoms with Crippen molar-refractivity contribution in [3.63, 3.8) is 0 Å². The zero-order valence-electron chi connectivity index (χ0n) is 22.3. The summed E-state index contributed by atoms with van der Waals surface area (Å²) in [6.45, 7) is 7.07. The van der Waals surface area contributed by atoms with E-state index in [-0.39, 0.29) is 11.9 Å². The second-order valence-electron chi connectivity index (χ2n) is 9.91. The summed E-state index contributed by atoms with van der Waals surface area (Å²) in [4.78, 5) is 15.8. The van der Waals surface area contributed by atoms with Crippen LogP contribution in [-0.2, 0) is 4.79 Å². The maximum atomic E-state index is 13.6. The normalized spacial score (nSPS) is 15.4. The van der Waals surface area contributed by atoms with Gasteiger partial charge in [0.2, 0.25) is 0 Å². The highest BCUT2D eigenvalue weighted by molar-refractivity contribution is 8.26. The molecule has 39 heavy (non-hydrogen) atoms. The van der Waals surface area contributed by atoms with Crippen molar-refractivity contribution in [3.8, 4) is 22.7 Å². The number of aromatic nitrogens is 2. The molecule has 0 aliphatic carbocycles. The summed E-state index contributed by atoms with van der Waals surface area (Å²) < 4.78 is 8.32. The van der Waals surface area contributed by atoms with Crippen LogP contribution < -0.4 is 4.74 Å². The number of thioether (sulfide) groups is 1. The number of carbonyl (C=O) groups excluding carboxylic acids is 1. The maximum Gasteiger partial charge on any atom is 0.266 e. The summed E-state index contributed by atoms with van der Waals surface area (Å²) in [7, 11) is 0. The molecule has 1 atom stereocenters. The van der Waals surface area contributed by atoms with E-state index >= 15 is 0 Å². The Balaban J connectivity index is 1.47. The first-order chi connectivity index (χ1) is 18.9. The topological polar surface area (TPSA) is 47.4 Å². The van der Waals surface area contributed by atoms with Crippen LogP contribution >= 0.6 is 24.0 Å². The largest absolute Gasteiger partial charge is 0.494 e. The van der Waals surface area contributed by atoms with Gasteiger partial charge in [0.25, 0.3) is 5.91 Å². The number of carbonyl (C=O) groups is 1. The van der Waals surface area contributed by atoms with Gasteiger partial charge in [-0.15, -0.1) is 0 Å². The number of thiocarbonyl (C=S) groups is 1. The van der Waals surface area contributed by atoms with Gasteiger partial charge in [-0.25, -0.2) is 4.68 Å². The van der Waals surface area contributed by atoms with Crippen molar-refractivity contribution < 1.29 is 9.53 Å². The molecule has 0 unspecified atom stereocenters. The van der Waals surface area contributed by atoms with Crippen molar-refractivity contribution in [3.05, 3.63) is 107 Å². The molecular weight excluding hydrogens is 523 g/mol. The van der Waals surface area contributed by atoms with E-state index in [2.05, 4.69) is 13.8 Å². The SMILES string of the molecule is CC(C)CCOc1ccc(-c2nn(-c3ccccc3)cc2/C=C2\SC(=S)N([C@@H](C)c3ccccc3)C2=O)cc1. The summed E-state index contributed by atoms with van der Waals surface area (Å²) in [6.07, 6.45) is 4.88. The highest BCUT2D eigenvalue weighted by Crippen LogP contribution is 2.39. The molecule has 198 valence electrons. The van der Waals surface area contributed by atoms with E-state index in [1.165, 1.54) is 11.8 Å². The molecule has 0 spiro atoms. The molecule has 1 fully saturated rings. The Morgan fingerprint density at radius 1 is 0.949 bits per heavy atom.